The van der Waals surface area contributed by atoms with Crippen LogP contribution in [0.5, 0.6) is 0 Å². The van der Waals surface area contributed by atoms with Gasteiger partial charge in [-0.3, -0.25) is 14.4 Å². The molecule has 0 saturated carbocycles. The third-order valence-electron chi connectivity index (χ3n) is 3.33. The molecular formula is C13H22N4O2. The minimum Gasteiger partial charge on any atom is -0.379 e. The number of morpholine rings is 1. The summed E-state index contributed by atoms with van der Waals surface area (Å²) in [6.07, 6.45) is 3.48. The molecule has 19 heavy (non-hydrogen) atoms. The second-order valence-electron chi connectivity index (χ2n) is 4.98. The maximum atomic E-state index is 12.1. The molecular weight excluding hydrogens is 244 g/mol. The van der Waals surface area contributed by atoms with Crippen LogP contribution in [0.2, 0.25) is 0 Å². The Hall–Kier alpha value is -1.40. The lowest BCUT2D eigenvalue weighted by molar-refractivity contribution is -0.124. The number of nitrogens with zero attached hydrogens (tertiary/aromatic N) is 3. The zero-order valence-corrected chi connectivity index (χ0v) is 11.6. The van der Waals surface area contributed by atoms with Crippen molar-refractivity contribution in [3.05, 3.63) is 18.5 Å². The van der Waals surface area contributed by atoms with Crippen molar-refractivity contribution in [3.63, 3.8) is 0 Å². The maximum Gasteiger partial charge on any atom is 0.244 e. The average Bonchev–Trinajstić information content (AvgIpc) is 2.92. The van der Waals surface area contributed by atoms with Crippen LogP contribution in [0.1, 0.15) is 19.9 Å². The van der Waals surface area contributed by atoms with E-state index in [1.54, 1.807) is 17.1 Å². The van der Waals surface area contributed by atoms with Crippen LogP contribution in [0, 0.1) is 0 Å². The summed E-state index contributed by atoms with van der Waals surface area (Å²) in [5, 5.41) is 7.12. The van der Waals surface area contributed by atoms with E-state index in [9.17, 15) is 4.79 Å². The van der Waals surface area contributed by atoms with Crippen LogP contribution in [-0.2, 0) is 9.53 Å². The lowest BCUT2D eigenvalue weighted by atomic mass is 10.2. The quantitative estimate of drug-likeness (QED) is 0.831. The van der Waals surface area contributed by atoms with E-state index < -0.39 is 0 Å². The molecule has 2 rings (SSSR count). The van der Waals surface area contributed by atoms with Crippen LogP contribution in [0.4, 0.5) is 0 Å². The van der Waals surface area contributed by atoms with Gasteiger partial charge in [-0.05, 0) is 19.9 Å². The summed E-state index contributed by atoms with van der Waals surface area (Å²) in [5.41, 5.74) is 0. The molecule has 6 nitrogen and oxygen atoms in total. The Morgan fingerprint density at radius 3 is 2.79 bits per heavy atom. The van der Waals surface area contributed by atoms with E-state index in [0.29, 0.717) is 0 Å². The molecule has 1 aliphatic heterocycles. The van der Waals surface area contributed by atoms with Crippen molar-refractivity contribution in [2.24, 2.45) is 0 Å². The molecule has 1 aromatic rings. The number of hydrogen-bond donors (Lipinski definition) is 1. The maximum absolute atomic E-state index is 12.1. The molecule has 1 aliphatic rings. The Morgan fingerprint density at radius 2 is 2.16 bits per heavy atom. The average molecular weight is 266 g/mol. The van der Waals surface area contributed by atoms with Gasteiger partial charge in [0.15, 0.2) is 0 Å². The van der Waals surface area contributed by atoms with Gasteiger partial charge >= 0.3 is 0 Å². The number of carbonyl (C=O) groups is 1. The molecule has 0 unspecified atom stereocenters. The highest BCUT2D eigenvalue weighted by Gasteiger charge is 2.19. The topological polar surface area (TPSA) is 59.4 Å². The van der Waals surface area contributed by atoms with Gasteiger partial charge in [-0.2, -0.15) is 5.10 Å². The Bertz CT molecular complexity index is 387. The van der Waals surface area contributed by atoms with Crippen LogP contribution in [-0.4, -0.2) is 59.5 Å². The first-order valence-corrected chi connectivity index (χ1v) is 6.76. The Morgan fingerprint density at radius 1 is 1.42 bits per heavy atom. The minimum absolute atomic E-state index is 0.00413. The number of rotatable bonds is 5. The molecule has 1 aromatic heterocycles. The molecule has 6 heteroatoms. The summed E-state index contributed by atoms with van der Waals surface area (Å²) >= 11 is 0. The fourth-order valence-corrected chi connectivity index (χ4v) is 2.21. The van der Waals surface area contributed by atoms with Crippen molar-refractivity contribution in [3.8, 4) is 0 Å². The van der Waals surface area contributed by atoms with Crippen molar-refractivity contribution in [1.82, 2.24) is 20.0 Å². The van der Waals surface area contributed by atoms with Gasteiger partial charge in [-0.25, -0.2) is 0 Å². The van der Waals surface area contributed by atoms with E-state index in [1.807, 2.05) is 19.9 Å². The molecule has 2 atom stereocenters. The molecule has 2 heterocycles. The predicted octanol–water partition coefficient (Wildman–Crippen LogP) is 0.281. The van der Waals surface area contributed by atoms with E-state index in [4.69, 9.17) is 4.74 Å². The second-order valence-corrected chi connectivity index (χ2v) is 4.98. The molecule has 0 aliphatic carbocycles. The van der Waals surface area contributed by atoms with Gasteiger partial charge in [-0.1, -0.05) is 0 Å². The van der Waals surface area contributed by atoms with Gasteiger partial charge in [0.25, 0.3) is 0 Å². The number of hydrogen-bond acceptors (Lipinski definition) is 4. The standard InChI is InChI=1S/C13H22N4O2/c1-11(10-16-6-8-19-9-7-16)15-13(18)12(2)17-5-3-4-14-17/h3-5,11-12H,6-10H2,1-2H3,(H,15,18)/t11-,12+/m1/s1. The predicted molar refractivity (Wildman–Crippen MR) is 71.8 cm³/mol. The number of aromatic nitrogens is 2. The molecule has 1 amide bonds. The highest BCUT2D eigenvalue weighted by atomic mass is 16.5. The second kappa shape index (κ2) is 6.68. The number of nitrogens with one attached hydrogen (secondary N) is 1. The zero-order valence-electron chi connectivity index (χ0n) is 11.6. The summed E-state index contributed by atoms with van der Waals surface area (Å²) in [5.74, 6) is 0.00413. The molecule has 0 radical (unpaired) electrons. The van der Waals surface area contributed by atoms with Crippen LogP contribution in [0.15, 0.2) is 18.5 Å². The summed E-state index contributed by atoms with van der Waals surface area (Å²) < 4.78 is 6.97. The first-order chi connectivity index (χ1) is 9.16. The van der Waals surface area contributed by atoms with E-state index in [2.05, 4.69) is 15.3 Å². The van der Waals surface area contributed by atoms with Crippen molar-refractivity contribution in [2.45, 2.75) is 25.9 Å². The van der Waals surface area contributed by atoms with Crippen molar-refractivity contribution in [1.29, 1.82) is 0 Å². The summed E-state index contributed by atoms with van der Waals surface area (Å²) in [7, 11) is 0. The summed E-state index contributed by atoms with van der Waals surface area (Å²) in [6.45, 7) is 8.19. The SMILES string of the molecule is C[C@H](CN1CCOCC1)NC(=O)[C@H](C)n1cccn1. The Kier molecular flexibility index (Phi) is 4.93. The lowest BCUT2D eigenvalue weighted by Crippen LogP contribution is -2.47. The largest absolute Gasteiger partial charge is 0.379 e. The molecule has 0 bridgehead atoms. The lowest BCUT2D eigenvalue weighted by Gasteiger charge is -2.29. The minimum atomic E-state index is -0.276. The van der Waals surface area contributed by atoms with E-state index in [-0.39, 0.29) is 18.0 Å². The van der Waals surface area contributed by atoms with Crippen LogP contribution < -0.4 is 5.32 Å². The van der Waals surface area contributed by atoms with E-state index in [1.165, 1.54) is 0 Å². The van der Waals surface area contributed by atoms with E-state index >= 15 is 0 Å². The van der Waals surface area contributed by atoms with Gasteiger partial charge < -0.3 is 10.1 Å². The molecule has 0 spiro atoms. The number of ether oxygens (including phenoxy) is 1. The van der Waals surface area contributed by atoms with Gasteiger partial charge in [0.05, 0.1) is 13.2 Å². The molecule has 106 valence electrons. The number of carbonyl (C=O) groups excluding carboxylic acids is 1. The summed E-state index contributed by atoms with van der Waals surface area (Å²) in [6, 6.07) is 1.67. The first-order valence-electron chi connectivity index (χ1n) is 6.76. The third-order valence-corrected chi connectivity index (χ3v) is 3.33. The molecule has 1 saturated heterocycles. The molecule has 1 N–H and O–H groups in total. The monoisotopic (exact) mass is 266 g/mol. The zero-order chi connectivity index (χ0) is 13.7. The normalized spacial score (nSPS) is 19.9. The fourth-order valence-electron chi connectivity index (χ4n) is 2.21. The fraction of sp³-hybridized carbons (Fsp3) is 0.692. The van der Waals surface area contributed by atoms with Crippen LogP contribution in [0.25, 0.3) is 0 Å². The van der Waals surface area contributed by atoms with E-state index in [0.717, 1.165) is 32.8 Å². The van der Waals surface area contributed by atoms with Crippen LogP contribution >= 0.6 is 0 Å². The molecule has 0 aromatic carbocycles. The highest BCUT2D eigenvalue weighted by Crippen LogP contribution is 2.04. The first kappa shape index (κ1) is 14.0. The van der Waals surface area contributed by atoms with Crippen molar-refractivity contribution in [2.75, 3.05) is 32.8 Å². The Labute approximate surface area is 113 Å². The van der Waals surface area contributed by atoms with Gasteiger partial charge in [0.1, 0.15) is 6.04 Å². The molecule has 1 fully saturated rings. The Balaban J connectivity index is 1.77. The van der Waals surface area contributed by atoms with Gasteiger partial charge in [-0.15, -0.1) is 0 Å². The van der Waals surface area contributed by atoms with Gasteiger partial charge in [0.2, 0.25) is 5.91 Å². The van der Waals surface area contributed by atoms with Crippen LogP contribution in [0.3, 0.4) is 0 Å². The smallest absolute Gasteiger partial charge is 0.244 e. The highest BCUT2D eigenvalue weighted by molar-refractivity contribution is 5.80. The third kappa shape index (κ3) is 4.04. The van der Waals surface area contributed by atoms with Crippen molar-refractivity contribution < 1.29 is 9.53 Å². The van der Waals surface area contributed by atoms with Crippen molar-refractivity contribution >= 4 is 5.91 Å². The number of amides is 1. The van der Waals surface area contributed by atoms with Gasteiger partial charge in [0, 0.05) is 38.1 Å². The summed E-state index contributed by atoms with van der Waals surface area (Å²) in [4.78, 5) is 14.4.